The summed E-state index contributed by atoms with van der Waals surface area (Å²) < 4.78 is 11.5. The molecule has 3 nitrogen and oxygen atoms in total. The van der Waals surface area contributed by atoms with Gasteiger partial charge >= 0.3 is 5.97 Å². The summed E-state index contributed by atoms with van der Waals surface area (Å²) >= 11 is 0. The normalized spacial score (nSPS) is 11.8. The monoisotopic (exact) mass is 324 g/mol. The van der Waals surface area contributed by atoms with Gasteiger partial charge in [0.25, 0.3) is 0 Å². The number of benzene rings is 2. The Bertz CT molecular complexity index is 689. The van der Waals surface area contributed by atoms with E-state index in [2.05, 4.69) is 26.5 Å². The first-order chi connectivity index (χ1) is 11.5. The van der Waals surface area contributed by atoms with Crippen molar-refractivity contribution in [2.45, 2.75) is 32.8 Å². The SMILES string of the molecule is C=C(C)C(=O)OCC(Oc1ccccc1)c1ccccc1C(C)C. The van der Waals surface area contributed by atoms with E-state index >= 15 is 0 Å². The summed E-state index contributed by atoms with van der Waals surface area (Å²) in [7, 11) is 0. The number of rotatable bonds is 7. The molecule has 0 heterocycles. The number of ether oxygens (including phenoxy) is 2. The van der Waals surface area contributed by atoms with Gasteiger partial charge in [0.2, 0.25) is 0 Å². The number of hydrogen-bond acceptors (Lipinski definition) is 3. The molecule has 0 aliphatic carbocycles. The van der Waals surface area contributed by atoms with Gasteiger partial charge in [0, 0.05) is 5.57 Å². The predicted molar refractivity (Wildman–Crippen MR) is 96.1 cm³/mol. The lowest BCUT2D eigenvalue weighted by atomic mass is 9.94. The van der Waals surface area contributed by atoms with E-state index in [9.17, 15) is 4.79 Å². The molecular weight excluding hydrogens is 300 g/mol. The van der Waals surface area contributed by atoms with Crippen LogP contribution in [-0.2, 0) is 9.53 Å². The molecule has 3 heteroatoms. The number of carbonyl (C=O) groups excluding carboxylic acids is 1. The molecule has 0 aliphatic rings. The van der Waals surface area contributed by atoms with Gasteiger partial charge in [0.05, 0.1) is 0 Å². The van der Waals surface area contributed by atoms with E-state index in [-0.39, 0.29) is 12.7 Å². The molecule has 126 valence electrons. The van der Waals surface area contributed by atoms with Crippen LogP contribution in [0.2, 0.25) is 0 Å². The molecule has 2 rings (SSSR count). The molecule has 24 heavy (non-hydrogen) atoms. The highest BCUT2D eigenvalue weighted by Crippen LogP contribution is 2.29. The molecule has 0 saturated heterocycles. The highest BCUT2D eigenvalue weighted by molar-refractivity contribution is 5.86. The van der Waals surface area contributed by atoms with Crippen molar-refractivity contribution in [3.63, 3.8) is 0 Å². The third-order valence-electron chi connectivity index (χ3n) is 3.70. The number of carbonyl (C=O) groups is 1. The molecule has 0 N–H and O–H groups in total. The predicted octanol–water partition coefficient (Wildman–Crippen LogP) is 5.05. The molecular formula is C21H24O3. The Hall–Kier alpha value is -2.55. The third-order valence-corrected chi connectivity index (χ3v) is 3.70. The van der Waals surface area contributed by atoms with Crippen LogP contribution in [0, 0.1) is 0 Å². The topological polar surface area (TPSA) is 35.5 Å². The van der Waals surface area contributed by atoms with Gasteiger partial charge in [-0.15, -0.1) is 0 Å². The van der Waals surface area contributed by atoms with Crippen LogP contribution in [0.5, 0.6) is 5.75 Å². The molecule has 0 aromatic heterocycles. The van der Waals surface area contributed by atoms with E-state index < -0.39 is 5.97 Å². The van der Waals surface area contributed by atoms with Crippen molar-refractivity contribution in [2.75, 3.05) is 6.61 Å². The molecule has 2 aromatic rings. The average Bonchev–Trinajstić information content (AvgIpc) is 2.59. The fraction of sp³-hybridized carbons (Fsp3) is 0.286. The van der Waals surface area contributed by atoms with E-state index in [0.29, 0.717) is 11.5 Å². The average molecular weight is 324 g/mol. The molecule has 0 radical (unpaired) electrons. The summed E-state index contributed by atoms with van der Waals surface area (Å²) in [6.07, 6.45) is -0.366. The second-order valence-electron chi connectivity index (χ2n) is 6.08. The van der Waals surface area contributed by atoms with Crippen LogP contribution in [0.1, 0.15) is 43.9 Å². The highest BCUT2D eigenvalue weighted by atomic mass is 16.6. The van der Waals surface area contributed by atoms with Crippen molar-refractivity contribution in [3.05, 3.63) is 77.9 Å². The van der Waals surface area contributed by atoms with Gasteiger partial charge in [-0.2, -0.15) is 0 Å². The van der Waals surface area contributed by atoms with Crippen molar-refractivity contribution in [2.24, 2.45) is 0 Å². The van der Waals surface area contributed by atoms with Crippen molar-refractivity contribution in [1.82, 2.24) is 0 Å². The van der Waals surface area contributed by atoms with Gasteiger partial charge in [0.15, 0.2) is 6.10 Å². The van der Waals surface area contributed by atoms with E-state index in [1.54, 1.807) is 6.92 Å². The van der Waals surface area contributed by atoms with Crippen molar-refractivity contribution >= 4 is 5.97 Å². The van der Waals surface area contributed by atoms with E-state index in [4.69, 9.17) is 9.47 Å². The van der Waals surface area contributed by atoms with Crippen molar-refractivity contribution < 1.29 is 14.3 Å². The minimum absolute atomic E-state index is 0.143. The first-order valence-corrected chi connectivity index (χ1v) is 8.12. The van der Waals surface area contributed by atoms with Gasteiger partial charge in [-0.05, 0) is 36.1 Å². The van der Waals surface area contributed by atoms with Crippen LogP contribution < -0.4 is 4.74 Å². The summed E-state index contributed by atoms with van der Waals surface area (Å²) in [6, 6.07) is 17.7. The number of esters is 1. The molecule has 0 spiro atoms. The zero-order valence-corrected chi connectivity index (χ0v) is 14.5. The summed E-state index contributed by atoms with van der Waals surface area (Å²) in [5, 5.41) is 0. The fourth-order valence-electron chi connectivity index (χ4n) is 2.46. The highest BCUT2D eigenvalue weighted by Gasteiger charge is 2.20. The Morgan fingerprint density at radius 1 is 1.00 bits per heavy atom. The quantitative estimate of drug-likeness (QED) is 0.528. The Morgan fingerprint density at radius 2 is 1.58 bits per heavy atom. The number of para-hydroxylation sites is 1. The Balaban J connectivity index is 2.28. The Kier molecular flexibility index (Phi) is 6.19. The standard InChI is InChI=1S/C21H24O3/c1-15(2)18-12-8-9-13-19(18)20(14-23-21(22)16(3)4)24-17-10-6-5-7-11-17/h5-13,15,20H,3,14H2,1-2,4H3. The zero-order chi connectivity index (χ0) is 17.5. The molecule has 0 aliphatic heterocycles. The maximum absolute atomic E-state index is 11.8. The van der Waals surface area contributed by atoms with Crippen LogP contribution in [0.3, 0.4) is 0 Å². The van der Waals surface area contributed by atoms with Gasteiger partial charge in [-0.3, -0.25) is 0 Å². The summed E-state index contributed by atoms with van der Waals surface area (Å²) in [6.45, 7) is 9.67. The first-order valence-electron chi connectivity index (χ1n) is 8.12. The maximum atomic E-state index is 11.8. The molecule has 0 fully saturated rings. The number of hydrogen-bond donors (Lipinski definition) is 0. The van der Waals surface area contributed by atoms with Crippen molar-refractivity contribution in [3.8, 4) is 5.75 Å². The van der Waals surface area contributed by atoms with E-state index in [1.807, 2.05) is 48.5 Å². The Morgan fingerprint density at radius 3 is 2.17 bits per heavy atom. The first kappa shape index (κ1) is 17.8. The largest absolute Gasteiger partial charge is 0.482 e. The third kappa shape index (κ3) is 4.72. The molecule has 1 atom stereocenters. The zero-order valence-electron chi connectivity index (χ0n) is 14.5. The van der Waals surface area contributed by atoms with Gasteiger partial charge < -0.3 is 9.47 Å². The lowest BCUT2D eigenvalue weighted by Crippen LogP contribution is -2.19. The van der Waals surface area contributed by atoms with Crippen LogP contribution in [0.15, 0.2) is 66.7 Å². The molecule has 2 aromatic carbocycles. The smallest absolute Gasteiger partial charge is 0.333 e. The van der Waals surface area contributed by atoms with Gasteiger partial charge in [0.1, 0.15) is 12.4 Å². The van der Waals surface area contributed by atoms with E-state index in [0.717, 1.165) is 11.3 Å². The molecule has 1 unspecified atom stereocenters. The van der Waals surface area contributed by atoms with Gasteiger partial charge in [-0.1, -0.05) is 62.9 Å². The molecule has 0 bridgehead atoms. The lowest BCUT2D eigenvalue weighted by molar-refractivity contribution is -0.141. The second-order valence-corrected chi connectivity index (χ2v) is 6.08. The van der Waals surface area contributed by atoms with E-state index in [1.165, 1.54) is 5.56 Å². The van der Waals surface area contributed by atoms with Gasteiger partial charge in [-0.25, -0.2) is 4.79 Å². The summed E-state index contributed by atoms with van der Waals surface area (Å²) in [5.41, 5.74) is 2.60. The Labute approximate surface area is 143 Å². The fourth-order valence-corrected chi connectivity index (χ4v) is 2.46. The lowest BCUT2D eigenvalue weighted by Gasteiger charge is -2.23. The van der Waals surface area contributed by atoms with Crippen LogP contribution in [0.4, 0.5) is 0 Å². The summed E-state index contributed by atoms with van der Waals surface area (Å²) in [4.78, 5) is 11.8. The maximum Gasteiger partial charge on any atom is 0.333 e. The van der Waals surface area contributed by atoms with Crippen LogP contribution in [-0.4, -0.2) is 12.6 Å². The minimum Gasteiger partial charge on any atom is -0.482 e. The summed E-state index contributed by atoms with van der Waals surface area (Å²) in [5.74, 6) is 0.686. The van der Waals surface area contributed by atoms with Crippen LogP contribution >= 0.6 is 0 Å². The molecule has 0 saturated carbocycles. The second kappa shape index (κ2) is 8.34. The van der Waals surface area contributed by atoms with Crippen molar-refractivity contribution in [1.29, 1.82) is 0 Å². The van der Waals surface area contributed by atoms with Crippen LogP contribution in [0.25, 0.3) is 0 Å². The molecule has 0 amide bonds. The minimum atomic E-state index is -0.404.